The van der Waals surface area contributed by atoms with Gasteiger partial charge in [-0.1, -0.05) is 113 Å². The number of nitrogens with zero attached hydrogens (tertiary/aromatic N) is 1. The number of aryl methyl sites for hydroxylation is 1. The Morgan fingerprint density at radius 3 is 2.20 bits per heavy atom. The zero-order chi connectivity index (χ0) is 28.4. The molecular formula is C34H49N2O3S+. The molecule has 3 aromatic rings. The Morgan fingerprint density at radius 2 is 1.55 bits per heavy atom. The number of nitrogens with one attached hydrogen (secondary N) is 1. The molecule has 0 aliphatic rings. The number of carbonyl (C=O) groups is 1. The van der Waals surface area contributed by atoms with Crippen molar-refractivity contribution in [3.05, 3.63) is 70.2 Å². The lowest BCUT2D eigenvalue weighted by molar-refractivity contribution is -0.683. The number of carbonyl (C=O) groups excluding carboxylic acids is 1. The van der Waals surface area contributed by atoms with Crippen molar-refractivity contribution in [1.29, 1.82) is 0 Å². The molecule has 0 fully saturated rings. The molecule has 5 nitrogen and oxygen atoms in total. The fraction of sp³-hybridized carbons (Fsp3) is 0.529. The number of methoxy groups -OCH3 is 1. The summed E-state index contributed by atoms with van der Waals surface area (Å²) in [6, 6.07) is 13.7. The summed E-state index contributed by atoms with van der Waals surface area (Å²) in [7, 11) is 1.65. The van der Waals surface area contributed by atoms with Gasteiger partial charge in [0.1, 0.15) is 11.5 Å². The summed E-state index contributed by atoms with van der Waals surface area (Å²) in [4.78, 5) is 14.3. The lowest BCUT2D eigenvalue weighted by Gasteiger charge is -2.14. The van der Waals surface area contributed by atoms with Gasteiger partial charge in [0.2, 0.25) is 11.4 Å². The maximum atomic E-state index is 13.1. The van der Waals surface area contributed by atoms with Gasteiger partial charge in [0.05, 0.1) is 30.7 Å². The van der Waals surface area contributed by atoms with Crippen molar-refractivity contribution >= 4 is 22.9 Å². The standard InChI is InChI=1S/C34H48N2O3S/c1-4-5-6-7-8-9-10-11-12-13-14-17-22-39-33-24-31(38-3)21-20-29(33)23-34(37)35-32-19-16-15-18-30(32)26-36-25-28(2)40-27-36/h15-16,18-21,24-25,27H,4-14,17,22-23,26H2,1-3H3/p+1. The summed E-state index contributed by atoms with van der Waals surface area (Å²) in [6.07, 6.45) is 18.2. The fourth-order valence-corrected chi connectivity index (χ4v) is 5.57. The van der Waals surface area contributed by atoms with E-state index < -0.39 is 0 Å². The Morgan fingerprint density at radius 1 is 0.875 bits per heavy atom. The molecule has 40 heavy (non-hydrogen) atoms. The van der Waals surface area contributed by atoms with Gasteiger partial charge in [-0.2, -0.15) is 4.57 Å². The van der Waals surface area contributed by atoms with Crippen molar-refractivity contribution in [1.82, 2.24) is 0 Å². The second-order valence-electron chi connectivity index (χ2n) is 10.7. The maximum absolute atomic E-state index is 13.1. The van der Waals surface area contributed by atoms with Gasteiger partial charge in [-0.15, -0.1) is 0 Å². The van der Waals surface area contributed by atoms with Crippen molar-refractivity contribution < 1.29 is 18.8 Å². The van der Waals surface area contributed by atoms with Gasteiger partial charge in [0.15, 0.2) is 12.7 Å². The molecule has 0 bridgehead atoms. The molecule has 0 saturated heterocycles. The minimum absolute atomic E-state index is 0.0562. The number of rotatable bonds is 20. The molecule has 0 radical (unpaired) electrons. The zero-order valence-electron chi connectivity index (χ0n) is 24.9. The van der Waals surface area contributed by atoms with Gasteiger partial charge >= 0.3 is 0 Å². The first-order valence-corrected chi connectivity index (χ1v) is 16.1. The van der Waals surface area contributed by atoms with Crippen LogP contribution < -0.4 is 19.4 Å². The first-order valence-electron chi connectivity index (χ1n) is 15.2. The number of thiazole rings is 1. The third kappa shape index (κ3) is 11.7. The molecule has 1 N–H and O–H groups in total. The second-order valence-corrected chi connectivity index (χ2v) is 11.8. The van der Waals surface area contributed by atoms with Crippen molar-refractivity contribution in [3.8, 4) is 11.5 Å². The van der Waals surface area contributed by atoms with Crippen LogP contribution in [-0.4, -0.2) is 19.6 Å². The van der Waals surface area contributed by atoms with E-state index in [0.29, 0.717) is 6.61 Å². The number of benzene rings is 2. The normalized spacial score (nSPS) is 11.0. The van der Waals surface area contributed by atoms with Crippen molar-refractivity contribution in [3.63, 3.8) is 0 Å². The molecule has 218 valence electrons. The lowest BCUT2D eigenvalue weighted by Crippen LogP contribution is -2.31. The highest BCUT2D eigenvalue weighted by Gasteiger charge is 2.15. The molecule has 1 aromatic heterocycles. The van der Waals surface area contributed by atoms with E-state index in [9.17, 15) is 4.79 Å². The van der Waals surface area contributed by atoms with Gasteiger partial charge in [0.25, 0.3) is 0 Å². The third-order valence-corrected chi connectivity index (χ3v) is 8.10. The lowest BCUT2D eigenvalue weighted by atomic mass is 10.1. The first kappa shape index (κ1) is 31.7. The van der Waals surface area contributed by atoms with E-state index in [0.717, 1.165) is 41.3 Å². The highest BCUT2D eigenvalue weighted by molar-refractivity contribution is 7.09. The highest BCUT2D eigenvalue weighted by atomic mass is 32.1. The number of hydrogen-bond donors (Lipinski definition) is 1. The van der Waals surface area contributed by atoms with Gasteiger partial charge in [-0.25, -0.2) is 0 Å². The predicted molar refractivity (Wildman–Crippen MR) is 167 cm³/mol. The number of aromatic nitrogens is 1. The SMILES string of the molecule is CCCCCCCCCCCCCCOc1cc(OC)ccc1CC(=O)Nc1ccccc1C[n+]1csc(C)c1. The zero-order valence-corrected chi connectivity index (χ0v) is 25.7. The van der Waals surface area contributed by atoms with Crippen LogP contribution in [0.15, 0.2) is 54.2 Å². The molecule has 3 rings (SSSR count). The van der Waals surface area contributed by atoms with Crippen LogP contribution in [0.3, 0.4) is 0 Å². The predicted octanol–water partition coefficient (Wildman–Crippen LogP) is 8.66. The summed E-state index contributed by atoms with van der Waals surface area (Å²) in [6.45, 7) is 5.74. The number of ether oxygens (including phenoxy) is 2. The van der Waals surface area contributed by atoms with Crippen molar-refractivity contribution in [2.75, 3.05) is 19.0 Å². The van der Waals surface area contributed by atoms with Crippen molar-refractivity contribution in [2.45, 2.75) is 104 Å². The Kier molecular flexibility index (Phi) is 14.6. The smallest absolute Gasteiger partial charge is 0.228 e. The van der Waals surface area contributed by atoms with Crippen LogP contribution in [-0.2, 0) is 17.8 Å². The summed E-state index contributed by atoms with van der Waals surface area (Å²) < 4.78 is 13.7. The van der Waals surface area contributed by atoms with E-state index in [2.05, 4.69) is 41.5 Å². The maximum Gasteiger partial charge on any atom is 0.228 e. The van der Waals surface area contributed by atoms with E-state index >= 15 is 0 Å². The number of unbranched alkanes of at least 4 members (excludes halogenated alkanes) is 11. The summed E-state index contributed by atoms with van der Waals surface area (Å²) in [5.74, 6) is 1.41. The van der Waals surface area contributed by atoms with Gasteiger partial charge < -0.3 is 14.8 Å². The molecule has 2 aromatic carbocycles. The third-order valence-electron chi connectivity index (χ3n) is 7.25. The van der Waals surface area contributed by atoms with Gasteiger partial charge in [-0.05, 0) is 25.5 Å². The van der Waals surface area contributed by atoms with Crippen LogP contribution in [0, 0.1) is 6.92 Å². The monoisotopic (exact) mass is 565 g/mol. The molecule has 0 aliphatic heterocycles. The summed E-state index contributed by atoms with van der Waals surface area (Å²) in [5, 5.41) is 3.12. The topological polar surface area (TPSA) is 51.4 Å². The largest absolute Gasteiger partial charge is 0.497 e. The molecule has 0 saturated carbocycles. The molecule has 0 unspecified atom stereocenters. The van der Waals surface area contributed by atoms with Gasteiger partial charge in [-0.3, -0.25) is 4.79 Å². The number of hydrogen-bond acceptors (Lipinski definition) is 4. The average molecular weight is 566 g/mol. The molecule has 0 spiro atoms. The highest BCUT2D eigenvalue weighted by Crippen LogP contribution is 2.26. The first-order chi connectivity index (χ1) is 19.6. The Balaban J connectivity index is 1.42. The quantitative estimate of drug-likeness (QED) is 0.110. The number of amides is 1. The molecule has 1 heterocycles. The Bertz CT molecular complexity index is 1140. The van der Waals surface area contributed by atoms with Crippen LogP contribution in [0.25, 0.3) is 0 Å². The van der Waals surface area contributed by atoms with E-state index in [1.165, 1.54) is 75.5 Å². The van der Waals surface area contributed by atoms with Crippen LogP contribution in [0.5, 0.6) is 11.5 Å². The summed E-state index contributed by atoms with van der Waals surface area (Å²) in [5.41, 5.74) is 4.90. The minimum atomic E-state index is -0.0562. The van der Waals surface area contributed by atoms with E-state index in [1.54, 1.807) is 18.4 Å². The average Bonchev–Trinajstić information content (AvgIpc) is 3.37. The Hall–Kier alpha value is -2.86. The van der Waals surface area contributed by atoms with Crippen LogP contribution >= 0.6 is 11.3 Å². The summed E-state index contributed by atoms with van der Waals surface area (Å²) >= 11 is 1.72. The second kappa shape index (κ2) is 18.5. The molecule has 0 atom stereocenters. The fourth-order valence-electron chi connectivity index (χ4n) is 4.94. The van der Waals surface area contributed by atoms with Crippen LogP contribution in [0.4, 0.5) is 5.69 Å². The number of para-hydroxylation sites is 1. The molecule has 1 amide bonds. The van der Waals surface area contributed by atoms with Crippen molar-refractivity contribution in [2.24, 2.45) is 0 Å². The van der Waals surface area contributed by atoms with E-state index in [1.807, 2.05) is 36.4 Å². The Labute approximate surface area is 245 Å². The van der Waals surface area contributed by atoms with Crippen LogP contribution in [0.2, 0.25) is 0 Å². The van der Waals surface area contributed by atoms with E-state index in [4.69, 9.17) is 9.47 Å². The van der Waals surface area contributed by atoms with E-state index in [-0.39, 0.29) is 12.3 Å². The van der Waals surface area contributed by atoms with Gasteiger partial charge in [0, 0.05) is 17.2 Å². The molecular weight excluding hydrogens is 516 g/mol. The van der Waals surface area contributed by atoms with Crippen LogP contribution in [0.1, 0.15) is 100.0 Å². The number of anilines is 1. The minimum Gasteiger partial charge on any atom is -0.497 e. The molecule has 6 heteroatoms. The molecule has 0 aliphatic carbocycles.